The molecule has 1 aromatic heterocycles. The van der Waals surface area contributed by atoms with Crippen molar-refractivity contribution in [1.29, 1.82) is 0 Å². The van der Waals surface area contributed by atoms with Crippen LogP contribution in [-0.4, -0.2) is 6.36 Å². The van der Waals surface area contributed by atoms with Gasteiger partial charge in [-0.05, 0) is 29.8 Å². The summed E-state index contributed by atoms with van der Waals surface area (Å²) in [5, 5.41) is 0. The second-order valence-corrected chi connectivity index (χ2v) is 4.71. The summed E-state index contributed by atoms with van der Waals surface area (Å²) in [4.78, 5) is 1.84. The fraction of sp³-hybridized carbons (Fsp3) is 0.167. The van der Waals surface area contributed by atoms with Crippen molar-refractivity contribution in [2.24, 2.45) is 5.73 Å². The Morgan fingerprint density at radius 3 is 2.56 bits per heavy atom. The predicted octanol–water partition coefficient (Wildman–Crippen LogP) is 3.77. The zero-order chi connectivity index (χ0) is 13.2. The molecule has 0 fully saturated rings. The molecule has 0 unspecified atom stereocenters. The minimum Gasteiger partial charge on any atom is -0.406 e. The molecule has 2 aromatic rings. The van der Waals surface area contributed by atoms with E-state index >= 15 is 0 Å². The largest absolute Gasteiger partial charge is 0.573 e. The number of alkyl halides is 3. The van der Waals surface area contributed by atoms with E-state index in [2.05, 4.69) is 4.74 Å². The number of benzene rings is 1. The second kappa shape index (κ2) is 4.99. The van der Waals surface area contributed by atoms with Crippen molar-refractivity contribution in [2.75, 3.05) is 0 Å². The Bertz CT molecular complexity index is 536. The molecule has 1 aromatic carbocycles. The van der Waals surface area contributed by atoms with Crippen molar-refractivity contribution in [3.63, 3.8) is 0 Å². The molecular formula is C12H10F3NOS. The Morgan fingerprint density at radius 2 is 1.94 bits per heavy atom. The quantitative estimate of drug-likeness (QED) is 0.923. The Labute approximate surface area is 106 Å². The molecular weight excluding hydrogens is 263 g/mol. The molecule has 6 heteroatoms. The lowest BCUT2D eigenvalue weighted by molar-refractivity contribution is -0.274. The Kier molecular flexibility index (Phi) is 3.58. The van der Waals surface area contributed by atoms with E-state index in [9.17, 15) is 13.2 Å². The minimum absolute atomic E-state index is 0.220. The standard InChI is InChI=1S/C12H10F3NOS/c13-12(14,15)17-9-3-1-2-8(6-9)11-5-4-10(7-16)18-11/h1-6H,7,16H2. The number of nitrogens with two attached hydrogens (primary N) is 1. The summed E-state index contributed by atoms with van der Waals surface area (Å²) in [6, 6.07) is 9.58. The van der Waals surface area contributed by atoms with Gasteiger partial charge in [-0.15, -0.1) is 24.5 Å². The predicted molar refractivity (Wildman–Crippen MR) is 64.3 cm³/mol. The van der Waals surface area contributed by atoms with Gasteiger partial charge in [0.25, 0.3) is 0 Å². The van der Waals surface area contributed by atoms with E-state index in [4.69, 9.17) is 5.73 Å². The highest BCUT2D eigenvalue weighted by Gasteiger charge is 2.31. The van der Waals surface area contributed by atoms with Crippen molar-refractivity contribution >= 4 is 11.3 Å². The molecule has 18 heavy (non-hydrogen) atoms. The van der Waals surface area contributed by atoms with Crippen LogP contribution in [-0.2, 0) is 6.54 Å². The van der Waals surface area contributed by atoms with Crippen LogP contribution < -0.4 is 10.5 Å². The molecule has 2 N–H and O–H groups in total. The molecule has 0 radical (unpaired) electrons. The molecule has 2 rings (SSSR count). The molecule has 0 aliphatic carbocycles. The highest BCUT2D eigenvalue weighted by molar-refractivity contribution is 7.15. The van der Waals surface area contributed by atoms with Crippen molar-refractivity contribution in [3.8, 4) is 16.2 Å². The summed E-state index contributed by atoms with van der Waals surface area (Å²) in [5.41, 5.74) is 6.17. The van der Waals surface area contributed by atoms with Gasteiger partial charge in [0.15, 0.2) is 0 Å². The summed E-state index contributed by atoms with van der Waals surface area (Å²) < 4.78 is 40.2. The van der Waals surface area contributed by atoms with Crippen LogP contribution in [0.4, 0.5) is 13.2 Å². The van der Waals surface area contributed by atoms with E-state index in [0.29, 0.717) is 12.1 Å². The maximum Gasteiger partial charge on any atom is 0.573 e. The van der Waals surface area contributed by atoms with Gasteiger partial charge in [0.2, 0.25) is 0 Å². The average Bonchev–Trinajstić information content (AvgIpc) is 2.75. The monoisotopic (exact) mass is 273 g/mol. The Morgan fingerprint density at radius 1 is 1.17 bits per heavy atom. The number of halogens is 3. The van der Waals surface area contributed by atoms with Crippen LogP contribution in [0.1, 0.15) is 4.88 Å². The third-order valence-corrected chi connectivity index (χ3v) is 3.37. The molecule has 0 spiro atoms. The van der Waals surface area contributed by atoms with E-state index in [-0.39, 0.29) is 5.75 Å². The molecule has 0 atom stereocenters. The van der Waals surface area contributed by atoms with Gasteiger partial charge in [0.1, 0.15) is 5.75 Å². The van der Waals surface area contributed by atoms with E-state index in [1.807, 2.05) is 12.1 Å². The molecule has 0 saturated carbocycles. The zero-order valence-corrected chi connectivity index (χ0v) is 10.0. The lowest BCUT2D eigenvalue weighted by atomic mass is 10.2. The van der Waals surface area contributed by atoms with Crippen molar-refractivity contribution in [1.82, 2.24) is 0 Å². The summed E-state index contributed by atoms with van der Waals surface area (Å²) >= 11 is 1.45. The van der Waals surface area contributed by atoms with Crippen molar-refractivity contribution in [3.05, 3.63) is 41.3 Å². The highest BCUT2D eigenvalue weighted by Crippen LogP contribution is 2.31. The number of hydrogen-bond donors (Lipinski definition) is 1. The molecule has 0 bridgehead atoms. The molecule has 96 valence electrons. The third-order valence-electron chi connectivity index (χ3n) is 2.21. The van der Waals surface area contributed by atoms with Crippen LogP contribution in [0.3, 0.4) is 0 Å². The minimum atomic E-state index is -4.67. The normalized spacial score (nSPS) is 11.6. The number of ether oxygens (including phenoxy) is 1. The molecule has 0 aliphatic rings. The first-order chi connectivity index (χ1) is 8.48. The molecule has 0 aliphatic heterocycles. The fourth-order valence-corrected chi connectivity index (χ4v) is 2.37. The average molecular weight is 273 g/mol. The topological polar surface area (TPSA) is 35.2 Å². The smallest absolute Gasteiger partial charge is 0.406 e. The Balaban J connectivity index is 2.26. The van der Waals surface area contributed by atoms with Crippen LogP contribution in [0, 0.1) is 0 Å². The van der Waals surface area contributed by atoms with Crippen LogP contribution in [0.25, 0.3) is 10.4 Å². The number of rotatable bonds is 3. The van der Waals surface area contributed by atoms with Gasteiger partial charge in [-0.25, -0.2) is 0 Å². The van der Waals surface area contributed by atoms with E-state index < -0.39 is 6.36 Å². The number of hydrogen-bond acceptors (Lipinski definition) is 3. The first kappa shape index (κ1) is 12.9. The second-order valence-electron chi connectivity index (χ2n) is 3.55. The van der Waals surface area contributed by atoms with Crippen LogP contribution in [0.2, 0.25) is 0 Å². The van der Waals surface area contributed by atoms with E-state index in [0.717, 1.165) is 9.75 Å². The number of thiophene rings is 1. The van der Waals surface area contributed by atoms with Gasteiger partial charge in [-0.1, -0.05) is 12.1 Å². The SMILES string of the molecule is NCc1ccc(-c2cccc(OC(F)(F)F)c2)s1. The van der Waals surface area contributed by atoms with E-state index in [1.54, 1.807) is 6.07 Å². The zero-order valence-electron chi connectivity index (χ0n) is 9.20. The van der Waals surface area contributed by atoms with Crippen molar-refractivity contribution in [2.45, 2.75) is 12.9 Å². The maximum atomic E-state index is 12.1. The lowest BCUT2D eigenvalue weighted by Crippen LogP contribution is -2.17. The van der Waals surface area contributed by atoms with Gasteiger partial charge in [-0.3, -0.25) is 0 Å². The summed E-state index contributed by atoms with van der Waals surface area (Å²) in [7, 11) is 0. The van der Waals surface area contributed by atoms with E-state index in [1.165, 1.54) is 29.5 Å². The van der Waals surface area contributed by atoms with Gasteiger partial charge >= 0.3 is 6.36 Å². The summed E-state index contributed by atoms with van der Waals surface area (Å²) in [5.74, 6) is -0.220. The fourth-order valence-electron chi connectivity index (χ4n) is 1.49. The molecule has 2 nitrogen and oxygen atoms in total. The lowest BCUT2D eigenvalue weighted by Gasteiger charge is -2.09. The first-order valence-corrected chi connectivity index (χ1v) is 5.94. The molecule has 0 amide bonds. The summed E-state index contributed by atoms with van der Waals surface area (Å²) in [6.45, 7) is 0.420. The van der Waals surface area contributed by atoms with Gasteiger partial charge in [0, 0.05) is 16.3 Å². The highest BCUT2D eigenvalue weighted by atomic mass is 32.1. The van der Waals surface area contributed by atoms with Gasteiger partial charge < -0.3 is 10.5 Å². The maximum absolute atomic E-state index is 12.1. The first-order valence-electron chi connectivity index (χ1n) is 5.13. The molecule has 1 heterocycles. The summed E-state index contributed by atoms with van der Waals surface area (Å²) in [6.07, 6.45) is -4.67. The molecule has 0 saturated heterocycles. The third kappa shape index (κ3) is 3.24. The van der Waals surface area contributed by atoms with Gasteiger partial charge in [0.05, 0.1) is 0 Å². The van der Waals surface area contributed by atoms with Crippen LogP contribution in [0.5, 0.6) is 5.75 Å². The Hall–Kier alpha value is -1.53. The van der Waals surface area contributed by atoms with Crippen LogP contribution >= 0.6 is 11.3 Å². The van der Waals surface area contributed by atoms with Crippen LogP contribution in [0.15, 0.2) is 36.4 Å². The van der Waals surface area contributed by atoms with Gasteiger partial charge in [-0.2, -0.15) is 0 Å². The van der Waals surface area contributed by atoms with Crippen molar-refractivity contribution < 1.29 is 17.9 Å².